The first-order valence-corrected chi connectivity index (χ1v) is 13.2. The van der Waals surface area contributed by atoms with E-state index >= 15 is 0 Å². The minimum absolute atomic E-state index is 0. The number of aromatic nitrogens is 2. The summed E-state index contributed by atoms with van der Waals surface area (Å²) in [6, 6.07) is 6.68. The molecule has 2 aliphatic rings. The zero-order valence-electron chi connectivity index (χ0n) is 24.4. The fourth-order valence-electron chi connectivity index (χ4n) is 5.34. The predicted molar refractivity (Wildman–Crippen MR) is 156 cm³/mol. The molecule has 43 heavy (non-hydrogen) atoms. The van der Waals surface area contributed by atoms with Crippen molar-refractivity contribution in [1.29, 1.82) is 0 Å². The second-order valence-electron chi connectivity index (χ2n) is 10.7. The van der Waals surface area contributed by atoms with Crippen molar-refractivity contribution in [1.82, 2.24) is 20.2 Å². The first-order valence-electron chi connectivity index (χ1n) is 13.2. The minimum atomic E-state index is -0.875. The summed E-state index contributed by atoms with van der Waals surface area (Å²) in [6.07, 6.45) is 5.79. The number of hydrogen-bond acceptors (Lipinski definition) is 7. The molecule has 3 heterocycles. The average molecular weight is 676 g/mol. The zero-order valence-corrected chi connectivity index (χ0v) is 26.1. The van der Waals surface area contributed by atoms with Gasteiger partial charge in [-0.1, -0.05) is 18.9 Å². The van der Waals surface area contributed by atoms with Gasteiger partial charge in [0.25, 0.3) is 11.8 Å². The number of imide groups is 1. The van der Waals surface area contributed by atoms with Crippen LogP contribution in [0.5, 0.6) is 5.75 Å². The van der Waals surface area contributed by atoms with Gasteiger partial charge in [0.05, 0.1) is 35.4 Å². The quantitative estimate of drug-likeness (QED) is 0.110. The van der Waals surface area contributed by atoms with Gasteiger partial charge in [0, 0.05) is 24.5 Å². The number of carbonyl (C=O) groups is 3. The van der Waals surface area contributed by atoms with E-state index in [0.717, 1.165) is 36.1 Å². The summed E-state index contributed by atoms with van der Waals surface area (Å²) >= 11 is 0. The Bertz CT molecular complexity index is 1690. The molecule has 1 fully saturated rings. The Kier molecular flexibility index (Phi) is 11.7. The van der Waals surface area contributed by atoms with Crippen molar-refractivity contribution >= 4 is 50.4 Å². The summed E-state index contributed by atoms with van der Waals surface area (Å²) in [5.41, 5.74) is 2.55. The van der Waals surface area contributed by atoms with E-state index in [1.165, 1.54) is 7.05 Å². The largest absolute Gasteiger partial charge is 2.00 e. The predicted octanol–water partition coefficient (Wildman–Crippen LogP) is 3.18. The molecule has 0 saturated heterocycles. The van der Waals surface area contributed by atoms with Crippen molar-refractivity contribution in [2.24, 2.45) is 5.92 Å². The van der Waals surface area contributed by atoms with Crippen LogP contribution in [0.4, 0.5) is 0 Å². The molecule has 4 aromatic rings. The van der Waals surface area contributed by atoms with Crippen molar-refractivity contribution in [3.63, 3.8) is 0 Å². The Hall–Kier alpha value is -3.66. The Morgan fingerprint density at radius 1 is 1.12 bits per heavy atom. The van der Waals surface area contributed by atoms with Gasteiger partial charge in [-0.2, -0.15) is 0 Å². The van der Waals surface area contributed by atoms with Gasteiger partial charge < -0.3 is 33.0 Å². The van der Waals surface area contributed by atoms with Gasteiger partial charge in [0.2, 0.25) is 5.91 Å². The molecule has 228 valence electrons. The molecular weight excluding hydrogens is 641 g/mol. The summed E-state index contributed by atoms with van der Waals surface area (Å²) in [5, 5.41) is 32.4. The number of aliphatic hydroxyl groups excluding tert-OH is 2. The number of phenolic OH excluding ortho intramolecular Hbond substituents is 1. The van der Waals surface area contributed by atoms with Crippen LogP contribution in [0.25, 0.3) is 32.7 Å². The second kappa shape index (κ2) is 14.2. The molecule has 1 aliphatic carbocycles. The minimum Gasteiger partial charge on any atom is -0.358 e. The number of pyridine rings is 1. The molecule has 1 aliphatic heterocycles. The zero-order chi connectivity index (χ0) is 30.1. The fourth-order valence-corrected chi connectivity index (χ4v) is 5.34. The average Bonchev–Trinajstić information content (AvgIpc) is 3.70. The van der Waals surface area contributed by atoms with Crippen molar-refractivity contribution < 1.29 is 53.8 Å². The molecule has 3 amide bonds. The smallest absolute Gasteiger partial charge is 0.358 e. The van der Waals surface area contributed by atoms with Gasteiger partial charge in [-0.15, -0.1) is 11.0 Å². The Labute approximate surface area is 262 Å². The standard InChI is InChI=1S/C19H13N3O3.C10H19NO3.CO.CH3.Ru/c1-8-5-11-14-15(19(25)22(2)18(14)24)13-10-6-9(23)3-4-12(10)21-17(13)16(11)20-7-8;1-10(6-12,7-13)11-9(14)8-4-2-3-5-8;1-2;;/h3-7H,1-2H3,(H2,20,21,23,24,25);8,12-13H,2-7H2,1H3,(H,11,14);;1H3;/q;;;-1;+2/p-1. The molecule has 0 atom stereocenters. The number of benzene rings is 2. The molecule has 0 radical (unpaired) electrons. The molecule has 1 saturated carbocycles. The van der Waals surface area contributed by atoms with Crippen LogP contribution < -0.4 is 10.3 Å². The fraction of sp³-hybridized carbons (Fsp3) is 0.355. The first-order chi connectivity index (χ1) is 19.6. The summed E-state index contributed by atoms with van der Waals surface area (Å²) in [7, 11) is 1.47. The summed E-state index contributed by atoms with van der Waals surface area (Å²) < 4.78 is 7.50. The summed E-state index contributed by atoms with van der Waals surface area (Å²) in [6.45, 7) is 7.56. The van der Waals surface area contributed by atoms with Crippen LogP contribution in [0.1, 0.15) is 58.9 Å². The van der Waals surface area contributed by atoms with Crippen LogP contribution in [-0.2, 0) is 28.9 Å². The van der Waals surface area contributed by atoms with E-state index in [0.29, 0.717) is 43.8 Å². The van der Waals surface area contributed by atoms with Crippen LogP contribution in [-0.4, -0.2) is 68.7 Å². The van der Waals surface area contributed by atoms with E-state index < -0.39 is 5.54 Å². The molecule has 2 aromatic carbocycles. The van der Waals surface area contributed by atoms with Crippen molar-refractivity contribution in [3.05, 3.63) is 61.2 Å². The molecule has 0 bridgehead atoms. The van der Waals surface area contributed by atoms with Crippen LogP contribution in [0.2, 0.25) is 0 Å². The molecule has 0 spiro atoms. The van der Waals surface area contributed by atoms with Crippen molar-refractivity contribution in [3.8, 4) is 5.75 Å². The van der Waals surface area contributed by atoms with Gasteiger partial charge in [-0.3, -0.25) is 24.3 Å². The monoisotopic (exact) mass is 676 g/mol. The topological polar surface area (TPSA) is 174 Å². The summed E-state index contributed by atoms with van der Waals surface area (Å²) in [5.74, 6) is -0.571. The van der Waals surface area contributed by atoms with Gasteiger partial charge in [0.1, 0.15) is 5.75 Å². The number of carbonyl (C=O) groups excluding carboxylic acids is 3. The number of amides is 3. The van der Waals surface area contributed by atoms with Gasteiger partial charge in [0.15, 0.2) is 0 Å². The SMILES string of the molecule is CC(CO)(CO)NC(=O)C1CCCC1.Cc1cnc2c(c1)c1c(c3c4cc(O)ccc4[n-]c23)C(=O)N(C)C1=O.[C-]#[O+].[CH3-].[Ru+2]. The molecule has 4 N–H and O–H groups in total. The van der Waals surface area contributed by atoms with Crippen LogP contribution in [0.15, 0.2) is 30.5 Å². The molecule has 6 rings (SSSR count). The maximum Gasteiger partial charge on any atom is 2.00 e. The number of aliphatic hydroxyl groups is 2. The van der Waals surface area contributed by atoms with Crippen molar-refractivity contribution in [2.75, 3.05) is 20.3 Å². The molecule has 12 heteroatoms. The Morgan fingerprint density at radius 3 is 2.33 bits per heavy atom. The number of nitrogens with one attached hydrogen (secondary N) is 1. The third-order valence-electron chi connectivity index (χ3n) is 7.62. The number of aromatic hydroxyl groups is 1. The maximum atomic E-state index is 12.8. The summed E-state index contributed by atoms with van der Waals surface area (Å²) in [4.78, 5) is 47.3. The Morgan fingerprint density at radius 2 is 1.72 bits per heavy atom. The third-order valence-corrected chi connectivity index (χ3v) is 7.62. The second-order valence-corrected chi connectivity index (χ2v) is 10.7. The van der Waals surface area contributed by atoms with E-state index in [9.17, 15) is 19.5 Å². The Balaban J connectivity index is 0.000000311. The molecule has 11 nitrogen and oxygen atoms in total. The van der Waals surface area contributed by atoms with Gasteiger partial charge in [-0.05, 0) is 61.2 Å². The van der Waals surface area contributed by atoms with Crippen LogP contribution >= 0.6 is 0 Å². The van der Waals surface area contributed by atoms with Gasteiger partial charge >= 0.3 is 30.8 Å². The van der Waals surface area contributed by atoms with Gasteiger partial charge in [-0.25, -0.2) is 0 Å². The normalized spacial score (nSPS) is 14.3. The van der Waals surface area contributed by atoms with Crippen molar-refractivity contribution in [2.45, 2.75) is 45.1 Å². The van der Waals surface area contributed by atoms with Crippen LogP contribution in [0, 0.1) is 26.9 Å². The van der Waals surface area contributed by atoms with E-state index in [4.69, 9.17) is 14.9 Å². The number of fused-ring (bicyclic) bond motifs is 8. The van der Waals surface area contributed by atoms with Crippen LogP contribution in [0.3, 0.4) is 0 Å². The number of aryl methyl sites for hydroxylation is 1. The number of phenols is 1. The van der Waals surface area contributed by atoms with E-state index in [-0.39, 0.29) is 69.5 Å². The third kappa shape index (κ3) is 6.49. The van der Waals surface area contributed by atoms with E-state index in [2.05, 4.69) is 21.9 Å². The maximum absolute atomic E-state index is 12.8. The number of hydrogen-bond donors (Lipinski definition) is 4. The molecule has 0 unspecified atom stereocenters. The number of rotatable bonds is 4. The first kappa shape index (κ1) is 35.5. The number of nitrogens with zero attached hydrogens (tertiary/aromatic N) is 3. The molecule has 2 aromatic heterocycles. The molecular formula is C31H34N4O7Ru. The van der Waals surface area contributed by atoms with E-state index in [1.54, 1.807) is 31.3 Å². The van der Waals surface area contributed by atoms with E-state index in [1.807, 2.05) is 13.0 Å².